The second-order valence-corrected chi connectivity index (χ2v) is 10.0. The smallest absolute Gasteiger partial charge is 0.265 e. The summed E-state index contributed by atoms with van der Waals surface area (Å²) >= 11 is 0. The fourth-order valence-corrected chi connectivity index (χ4v) is 5.10. The Bertz CT molecular complexity index is 1720. The first-order valence-corrected chi connectivity index (χ1v) is 12.8. The van der Waals surface area contributed by atoms with Crippen LogP contribution in [-0.2, 0) is 16.6 Å². The van der Waals surface area contributed by atoms with E-state index in [1.807, 2.05) is 0 Å². The van der Waals surface area contributed by atoms with Crippen LogP contribution in [0.1, 0.15) is 31.8 Å². The van der Waals surface area contributed by atoms with Crippen LogP contribution < -0.4 is 4.72 Å². The first-order chi connectivity index (χ1) is 17.9. The van der Waals surface area contributed by atoms with Gasteiger partial charge in [-0.1, -0.05) is 54.6 Å². The molecule has 2 heterocycles. The highest BCUT2D eigenvalue weighted by molar-refractivity contribution is 7.89. The third kappa shape index (κ3) is 4.65. The van der Waals surface area contributed by atoms with Gasteiger partial charge in [0.05, 0.1) is 16.0 Å². The fraction of sp³-hybridized carbons (Fsp3) is 0.0357. The lowest BCUT2D eigenvalue weighted by Crippen LogP contribution is -2.23. The highest BCUT2D eigenvalue weighted by Crippen LogP contribution is 2.35. The summed E-state index contributed by atoms with van der Waals surface area (Å²) in [4.78, 5) is 30.7. The predicted molar refractivity (Wildman–Crippen MR) is 138 cm³/mol. The highest BCUT2D eigenvalue weighted by Gasteiger charge is 2.28. The zero-order chi connectivity index (χ0) is 26.0. The van der Waals surface area contributed by atoms with Crippen LogP contribution in [0.3, 0.4) is 0 Å². The molecule has 37 heavy (non-hydrogen) atoms. The maximum absolute atomic E-state index is 13.5. The van der Waals surface area contributed by atoms with Gasteiger partial charge in [0.25, 0.3) is 5.91 Å². The Kier molecular flexibility index (Phi) is 6.39. The third-order valence-electron chi connectivity index (χ3n) is 5.90. The lowest BCUT2D eigenvalue weighted by molar-refractivity contribution is 0.0956. The fourth-order valence-electron chi connectivity index (χ4n) is 4.06. The molecule has 2 aromatic heterocycles. The van der Waals surface area contributed by atoms with Crippen molar-refractivity contribution in [1.82, 2.24) is 14.3 Å². The summed E-state index contributed by atoms with van der Waals surface area (Å²) in [6.07, 6.45) is 3.14. The Balaban J connectivity index is 1.65. The van der Waals surface area contributed by atoms with Crippen LogP contribution in [0.15, 0.2) is 108 Å². The molecule has 0 aliphatic rings. The zero-order valence-electron chi connectivity index (χ0n) is 19.4. The number of aromatic hydroxyl groups is 1. The molecule has 0 saturated carbocycles. The second-order valence-electron chi connectivity index (χ2n) is 8.27. The van der Waals surface area contributed by atoms with Gasteiger partial charge in [-0.2, -0.15) is 0 Å². The van der Waals surface area contributed by atoms with E-state index < -0.39 is 27.6 Å². The molecule has 0 atom stereocenters. The van der Waals surface area contributed by atoms with Crippen molar-refractivity contribution in [2.24, 2.45) is 0 Å². The number of benzene rings is 3. The average molecular weight is 512 g/mol. The van der Waals surface area contributed by atoms with Gasteiger partial charge in [-0.05, 0) is 42.0 Å². The molecule has 0 aliphatic carbocycles. The summed E-state index contributed by atoms with van der Waals surface area (Å²) in [6, 6.07) is 24.1. The topological polar surface area (TPSA) is 118 Å². The summed E-state index contributed by atoms with van der Waals surface area (Å²) in [6.45, 7) is 0.0166. The quantitative estimate of drug-likeness (QED) is 0.317. The minimum absolute atomic E-state index is 0.0166. The van der Waals surface area contributed by atoms with Crippen LogP contribution in [0, 0.1) is 0 Å². The number of nitrogens with zero attached hydrogens (tertiary/aromatic N) is 2. The summed E-state index contributed by atoms with van der Waals surface area (Å²) < 4.78 is 29.7. The number of nitrogens with one attached hydrogen (secondary N) is 1. The van der Waals surface area contributed by atoms with Crippen LogP contribution in [0.5, 0.6) is 5.88 Å². The molecule has 0 fully saturated rings. The molecule has 184 valence electrons. The summed E-state index contributed by atoms with van der Waals surface area (Å²) in [5, 5.41) is 11.3. The van der Waals surface area contributed by atoms with Crippen LogP contribution in [0.2, 0.25) is 0 Å². The minimum atomic E-state index is -4.00. The standard InChI is InChI=1S/C28H21N3O5S/c32-26(20-9-3-1-4-10-20)25-23-16-22(37(35,36)30-18-19-8-7-15-29-17-19)13-14-24(23)31(28(25)34)27(33)21-11-5-2-6-12-21/h1-17,30,34H,18H2. The van der Waals surface area contributed by atoms with Crippen molar-refractivity contribution >= 4 is 32.6 Å². The maximum Gasteiger partial charge on any atom is 0.265 e. The number of pyridine rings is 1. The molecule has 0 spiro atoms. The van der Waals surface area contributed by atoms with Crippen molar-refractivity contribution in [3.63, 3.8) is 0 Å². The largest absolute Gasteiger partial charge is 0.494 e. The summed E-state index contributed by atoms with van der Waals surface area (Å²) in [5.74, 6) is -1.66. The van der Waals surface area contributed by atoms with E-state index in [0.29, 0.717) is 11.1 Å². The van der Waals surface area contributed by atoms with E-state index in [1.165, 1.54) is 18.2 Å². The van der Waals surface area contributed by atoms with Crippen LogP contribution in [-0.4, -0.2) is 34.8 Å². The first kappa shape index (κ1) is 24.1. The molecule has 0 saturated heterocycles. The summed E-state index contributed by atoms with van der Waals surface area (Å²) in [5.41, 5.74) is 1.30. The van der Waals surface area contributed by atoms with Crippen molar-refractivity contribution in [1.29, 1.82) is 0 Å². The average Bonchev–Trinajstić information content (AvgIpc) is 3.23. The van der Waals surface area contributed by atoms with E-state index in [2.05, 4.69) is 9.71 Å². The van der Waals surface area contributed by atoms with E-state index in [-0.39, 0.29) is 33.5 Å². The Morgan fingerprint density at radius 3 is 2.19 bits per heavy atom. The van der Waals surface area contributed by atoms with E-state index in [0.717, 1.165) is 4.57 Å². The molecule has 8 nitrogen and oxygen atoms in total. The molecule has 0 aliphatic heterocycles. The number of carbonyl (C=O) groups excluding carboxylic acids is 2. The molecule has 0 amide bonds. The Hall–Kier alpha value is -4.60. The zero-order valence-corrected chi connectivity index (χ0v) is 20.2. The van der Waals surface area contributed by atoms with Gasteiger partial charge in [-0.3, -0.25) is 14.6 Å². The Morgan fingerprint density at radius 1 is 0.865 bits per heavy atom. The molecular formula is C28H21N3O5S. The molecule has 9 heteroatoms. The monoisotopic (exact) mass is 511 g/mol. The van der Waals surface area contributed by atoms with Gasteiger partial charge in [-0.15, -0.1) is 0 Å². The Labute approximate surface area is 212 Å². The lowest BCUT2D eigenvalue weighted by atomic mass is 10.0. The predicted octanol–water partition coefficient (Wildman–Crippen LogP) is 4.14. The van der Waals surface area contributed by atoms with Crippen molar-refractivity contribution in [3.05, 3.63) is 126 Å². The number of ketones is 1. The van der Waals surface area contributed by atoms with Crippen LogP contribution >= 0.6 is 0 Å². The molecule has 0 radical (unpaired) electrons. The third-order valence-corrected chi connectivity index (χ3v) is 7.30. The number of carbonyl (C=O) groups is 2. The first-order valence-electron chi connectivity index (χ1n) is 11.3. The molecule has 5 aromatic rings. The Morgan fingerprint density at radius 2 is 1.54 bits per heavy atom. The van der Waals surface area contributed by atoms with Gasteiger partial charge in [0.1, 0.15) is 0 Å². The second kappa shape index (κ2) is 9.81. The molecule has 0 unspecified atom stereocenters. The van der Waals surface area contributed by atoms with Crippen molar-refractivity contribution in [3.8, 4) is 5.88 Å². The number of aromatic nitrogens is 2. The van der Waals surface area contributed by atoms with Gasteiger partial charge in [-0.25, -0.2) is 17.7 Å². The van der Waals surface area contributed by atoms with E-state index >= 15 is 0 Å². The van der Waals surface area contributed by atoms with E-state index in [1.54, 1.807) is 85.2 Å². The molecular weight excluding hydrogens is 490 g/mol. The van der Waals surface area contributed by atoms with Crippen molar-refractivity contribution in [2.75, 3.05) is 0 Å². The van der Waals surface area contributed by atoms with E-state index in [9.17, 15) is 23.1 Å². The van der Waals surface area contributed by atoms with Gasteiger partial charge in [0, 0.05) is 35.5 Å². The van der Waals surface area contributed by atoms with Gasteiger partial charge < -0.3 is 5.11 Å². The SMILES string of the molecule is O=C(c1ccccc1)c1c(O)n(C(=O)c2ccccc2)c2ccc(S(=O)(=O)NCc3cccnc3)cc12. The van der Waals surface area contributed by atoms with Crippen molar-refractivity contribution in [2.45, 2.75) is 11.4 Å². The minimum Gasteiger partial charge on any atom is -0.494 e. The van der Waals surface area contributed by atoms with Crippen molar-refractivity contribution < 1.29 is 23.1 Å². The molecule has 5 rings (SSSR count). The number of rotatable bonds is 7. The number of fused-ring (bicyclic) bond motifs is 1. The lowest BCUT2D eigenvalue weighted by Gasteiger charge is -2.08. The number of sulfonamides is 1. The molecule has 3 aromatic carbocycles. The van der Waals surface area contributed by atoms with Gasteiger partial charge in [0.15, 0.2) is 5.78 Å². The van der Waals surface area contributed by atoms with Gasteiger partial charge >= 0.3 is 0 Å². The summed E-state index contributed by atoms with van der Waals surface area (Å²) in [7, 11) is -4.00. The normalized spacial score (nSPS) is 11.5. The van der Waals surface area contributed by atoms with Crippen LogP contribution in [0.25, 0.3) is 10.9 Å². The number of hydrogen-bond donors (Lipinski definition) is 2. The van der Waals surface area contributed by atoms with Crippen LogP contribution in [0.4, 0.5) is 0 Å². The maximum atomic E-state index is 13.5. The highest BCUT2D eigenvalue weighted by atomic mass is 32.2. The molecule has 0 bridgehead atoms. The molecule has 2 N–H and O–H groups in total. The number of hydrogen-bond acceptors (Lipinski definition) is 6. The van der Waals surface area contributed by atoms with E-state index in [4.69, 9.17) is 0 Å². The van der Waals surface area contributed by atoms with Gasteiger partial charge in [0.2, 0.25) is 15.9 Å².